The predicted octanol–water partition coefficient (Wildman–Crippen LogP) is 4.11. The van der Waals surface area contributed by atoms with Crippen molar-refractivity contribution in [3.8, 4) is 0 Å². The van der Waals surface area contributed by atoms with E-state index in [0.29, 0.717) is 4.90 Å². The summed E-state index contributed by atoms with van der Waals surface area (Å²) in [6, 6.07) is 12.5. The van der Waals surface area contributed by atoms with Gasteiger partial charge in [-0.3, -0.25) is 0 Å². The van der Waals surface area contributed by atoms with Crippen molar-refractivity contribution < 1.29 is 8.42 Å². The van der Waals surface area contributed by atoms with Crippen LogP contribution in [0.3, 0.4) is 0 Å². The van der Waals surface area contributed by atoms with Crippen LogP contribution in [0.1, 0.15) is 29.7 Å². The molecule has 2 aromatic rings. The maximum Gasteiger partial charge on any atom is 0.241 e. The highest BCUT2D eigenvalue weighted by Crippen LogP contribution is 2.20. The van der Waals surface area contributed by atoms with Crippen LogP contribution in [-0.2, 0) is 10.0 Å². The summed E-state index contributed by atoms with van der Waals surface area (Å²) < 4.78 is 28.5. The maximum atomic E-state index is 12.4. The number of benzene rings is 2. The van der Waals surface area contributed by atoms with Crippen LogP contribution in [0, 0.1) is 13.8 Å². The lowest BCUT2D eigenvalue weighted by atomic mass is 10.1. The number of hydrogen-bond donors (Lipinski definition) is 1. The molecule has 0 heterocycles. The SMILES string of the molecule is Cc1ccc(S(=O)(=O)N[C@H](C)c2ccc(Br)cc2)cc1C. The fraction of sp³-hybridized carbons (Fsp3) is 0.250. The number of rotatable bonds is 4. The predicted molar refractivity (Wildman–Crippen MR) is 88.8 cm³/mol. The third kappa shape index (κ3) is 3.93. The van der Waals surface area contributed by atoms with Crippen LogP contribution < -0.4 is 4.72 Å². The largest absolute Gasteiger partial charge is 0.241 e. The molecule has 0 fully saturated rings. The first-order valence-corrected chi connectivity index (χ1v) is 8.92. The topological polar surface area (TPSA) is 46.2 Å². The Morgan fingerprint density at radius 3 is 2.19 bits per heavy atom. The first-order valence-electron chi connectivity index (χ1n) is 6.64. The molecule has 1 atom stereocenters. The average Bonchev–Trinajstić information content (AvgIpc) is 2.42. The van der Waals surface area contributed by atoms with Gasteiger partial charge in [-0.25, -0.2) is 13.1 Å². The van der Waals surface area contributed by atoms with Crippen molar-refractivity contribution in [2.24, 2.45) is 0 Å². The summed E-state index contributed by atoms with van der Waals surface area (Å²) in [4.78, 5) is 0.301. The van der Waals surface area contributed by atoms with Crippen LogP contribution in [0.15, 0.2) is 51.8 Å². The molecule has 21 heavy (non-hydrogen) atoms. The first-order chi connectivity index (χ1) is 9.79. The number of halogens is 1. The molecule has 0 aliphatic carbocycles. The van der Waals surface area contributed by atoms with E-state index in [9.17, 15) is 8.42 Å². The summed E-state index contributed by atoms with van der Waals surface area (Å²) >= 11 is 3.37. The van der Waals surface area contributed by atoms with E-state index in [2.05, 4.69) is 20.7 Å². The molecule has 0 bridgehead atoms. The molecular formula is C16H18BrNO2S. The van der Waals surface area contributed by atoms with E-state index in [1.54, 1.807) is 12.1 Å². The maximum absolute atomic E-state index is 12.4. The molecule has 1 N–H and O–H groups in total. The van der Waals surface area contributed by atoms with Crippen LogP contribution >= 0.6 is 15.9 Å². The summed E-state index contributed by atoms with van der Waals surface area (Å²) in [5.41, 5.74) is 2.97. The number of nitrogens with one attached hydrogen (secondary N) is 1. The zero-order valence-corrected chi connectivity index (χ0v) is 14.6. The Morgan fingerprint density at radius 2 is 1.62 bits per heavy atom. The average molecular weight is 368 g/mol. The van der Waals surface area contributed by atoms with E-state index in [4.69, 9.17) is 0 Å². The first kappa shape index (κ1) is 16.2. The lowest BCUT2D eigenvalue weighted by molar-refractivity contribution is 0.567. The number of aryl methyl sites for hydroxylation is 2. The Morgan fingerprint density at radius 1 is 1.00 bits per heavy atom. The smallest absolute Gasteiger partial charge is 0.207 e. The fourth-order valence-electron chi connectivity index (χ4n) is 2.00. The second-order valence-corrected chi connectivity index (χ2v) is 7.77. The van der Waals surface area contributed by atoms with E-state index >= 15 is 0 Å². The minimum atomic E-state index is -3.52. The summed E-state index contributed by atoms with van der Waals surface area (Å²) in [6.07, 6.45) is 0. The standard InChI is InChI=1S/C16H18BrNO2S/c1-11-4-9-16(10-12(11)2)21(19,20)18-13(3)14-5-7-15(17)8-6-14/h4-10,13,18H,1-3H3/t13-/m1/s1. The van der Waals surface area contributed by atoms with Crippen molar-refractivity contribution in [3.05, 3.63) is 63.6 Å². The van der Waals surface area contributed by atoms with Crippen molar-refractivity contribution >= 4 is 26.0 Å². The molecule has 0 aliphatic rings. The Balaban J connectivity index is 2.24. The van der Waals surface area contributed by atoms with E-state index in [-0.39, 0.29) is 6.04 Å². The molecule has 112 valence electrons. The van der Waals surface area contributed by atoms with Crippen molar-refractivity contribution in [2.75, 3.05) is 0 Å². The number of hydrogen-bond acceptors (Lipinski definition) is 2. The van der Waals surface area contributed by atoms with Crippen molar-refractivity contribution in [1.29, 1.82) is 0 Å². The van der Waals surface area contributed by atoms with E-state index in [0.717, 1.165) is 21.2 Å². The molecule has 3 nitrogen and oxygen atoms in total. The summed E-state index contributed by atoms with van der Waals surface area (Å²) in [7, 11) is -3.52. The van der Waals surface area contributed by atoms with Gasteiger partial charge in [0.2, 0.25) is 10.0 Å². The zero-order valence-electron chi connectivity index (χ0n) is 12.2. The van der Waals surface area contributed by atoms with Crippen LogP contribution in [0.25, 0.3) is 0 Å². The fourth-order valence-corrected chi connectivity index (χ4v) is 3.58. The molecule has 0 saturated heterocycles. The lowest BCUT2D eigenvalue weighted by Gasteiger charge is -2.15. The number of sulfonamides is 1. The van der Waals surface area contributed by atoms with Crippen molar-refractivity contribution in [1.82, 2.24) is 4.72 Å². The van der Waals surface area contributed by atoms with Crippen LogP contribution in [0.5, 0.6) is 0 Å². The van der Waals surface area contributed by atoms with Gasteiger partial charge in [0.05, 0.1) is 4.90 Å². The summed E-state index contributed by atoms with van der Waals surface area (Å²) in [6.45, 7) is 5.71. The van der Waals surface area contributed by atoms with E-state index in [1.807, 2.05) is 51.1 Å². The molecule has 0 radical (unpaired) electrons. The highest BCUT2D eigenvalue weighted by Gasteiger charge is 2.18. The molecule has 0 spiro atoms. The van der Waals surface area contributed by atoms with Gasteiger partial charge in [-0.2, -0.15) is 0 Å². The quantitative estimate of drug-likeness (QED) is 0.883. The highest BCUT2D eigenvalue weighted by molar-refractivity contribution is 9.10. The Hall–Kier alpha value is -1.17. The Labute approximate surface area is 134 Å². The van der Waals surface area contributed by atoms with Crippen LogP contribution in [0.2, 0.25) is 0 Å². The third-order valence-electron chi connectivity index (χ3n) is 3.49. The molecule has 2 aromatic carbocycles. The Kier molecular flexibility index (Phi) is 4.86. The minimum absolute atomic E-state index is 0.287. The van der Waals surface area contributed by atoms with Gasteiger partial charge in [-0.05, 0) is 61.7 Å². The van der Waals surface area contributed by atoms with E-state index < -0.39 is 10.0 Å². The van der Waals surface area contributed by atoms with Gasteiger partial charge in [-0.15, -0.1) is 0 Å². The lowest BCUT2D eigenvalue weighted by Crippen LogP contribution is -2.27. The molecule has 0 amide bonds. The molecule has 0 aliphatic heterocycles. The van der Waals surface area contributed by atoms with Gasteiger partial charge in [0.15, 0.2) is 0 Å². The van der Waals surface area contributed by atoms with Crippen LogP contribution in [0.4, 0.5) is 0 Å². The summed E-state index contributed by atoms with van der Waals surface area (Å²) in [5.74, 6) is 0. The molecule has 0 unspecified atom stereocenters. The highest BCUT2D eigenvalue weighted by atomic mass is 79.9. The van der Waals surface area contributed by atoms with Gasteiger partial charge < -0.3 is 0 Å². The second kappa shape index (κ2) is 6.30. The van der Waals surface area contributed by atoms with Crippen LogP contribution in [-0.4, -0.2) is 8.42 Å². The molecular weight excluding hydrogens is 350 g/mol. The molecule has 0 saturated carbocycles. The van der Waals surface area contributed by atoms with Gasteiger partial charge in [0.1, 0.15) is 0 Å². The van der Waals surface area contributed by atoms with Gasteiger partial charge >= 0.3 is 0 Å². The Bertz CT molecular complexity index is 739. The monoisotopic (exact) mass is 367 g/mol. The van der Waals surface area contributed by atoms with Crippen molar-refractivity contribution in [2.45, 2.75) is 31.7 Å². The van der Waals surface area contributed by atoms with Crippen molar-refractivity contribution in [3.63, 3.8) is 0 Å². The molecule has 5 heteroatoms. The van der Waals surface area contributed by atoms with Gasteiger partial charge in [0.25, 0.3) is 0 Å². The third-order valence-corrected chi connectivity index (χ3v) is 5.56. The van der Waals surface area contributed by atoms with Gasteiger partial charge in [0, 0.05) is 10.5 Å². The second-order valence-electron chi connectivity index (χ2n) is 5.14. The normalized spacial score (nSPS) is 13.1. The van der Waals surface area contributed by atoms with E-state index in [1.165, 1.54) is 0 Å². The minimum Gasteiger partial charge on any atom is -0.207 e. The molecule has 2 rings (SSSR count). The zero-order chi connectivity index (χ0) is 15.6. The summed E-state index contributed by atoms with van der Waals surface area (Å²) in [5, 5.41) is 0. The van der Waals surface area contributed by atoms with Gasteiger partial charge in [-0.1, -0.05) is 34.1 Å². The molecule has 0 aromatic heterocycles.